The van der Waals surface area contributed by atoms with Crippen molar-refractivity contribution >= 4 is 5.69 Å². The Bertz CT molecular complexity index is 692. The molecule has 2 aliphatic rings. The summed E-state index contributed by atoms with van der Waals surface area (Å²) in [7, 11) is 0. The molecule has 2 aromatic carbocycles. The predicted molar refractivity (Wildman–Crippen MR) is 90.4 cm³/mol. The van der Waals surface area contributed by atoms with Crippen molar-refractivity contribution in [2.75, 3.05) is 11.9 Å². The number of fused-ring (bicyclic) bond motifs is 3. The molecule has 1 N–H and O–H groups in total. The monoisotopic (exact) mass is 291 g/mol. The summed E-state index contributed by atoms with van der Waals surface area (Å²) in [5, 5.41) is 3.76. The SMILES string of the molecule is CCOc1ccc2c(c1)C1C=CCC1C(c1ccccc1)N2. The van der Waals surface area contributed by atoms with E-state index in [4.69, 9.17) is 4.74 Å². The summed E-state index contributed by atoms with van der Waals surface area (Å²) >= 11 is 0. The molecule has 0 radical (unpaired) electrons. The Balaban J connectivity index is 1.74. The van der Waals surface area contributed by atoms with Gasteiger partial charge in [0.25, 0.3) is 0 Å². The van der Waals surface area contributed by atoms with Gasteiger partial charge in [0.15, 0.2) is 0 Å². The van der Waals surface area contributed by atoms with Crippen molar-refractivity contribution in [3.05, 3.63) is 71.8 Å². The second-order valence-electron chi connectivity index (χ2n) is 6.07. The third-order valence-corrected chi connectivity index (χ3v) is 4.80. The molecule has 1 aliphatic heterocycles. The van der Waals surface area contributed by atoms with Gasteiger partial charge in [-0.25, -0.2) is 0 Å². The van der Waals surface area contributed by atoms with Gasteiger partial charge >= 0.3 is 0 Å². The zero-order valence-corrected chi connectivity index (χ0v) is 12.8. The number of allylic oxidation sites excluding steroid dienone is 2. The maximum atomic E-state index is 5.68. The second kappa shape index (κ2) is 5.53. The van der Waals surface area contributed by atoms with Crippen LogP contribution < -0.4 is 10.1 Å². The lowest BCUT2D eigenvalue weighted by Gasteiger charge is -2.37. The summed E-state index contributed by atoms with van der Waals surface area (Å²) in [6, 6.07) is 17.6. The van der Waals surface area contributed by atoms with E-state index in [-0.39, 0.29) is 0 Å². The number of benzene rings is 2. The summed E-state index contributed by atoms with van der Waals surface area (Å²) in [4.78, 5) is 0. The summed E-state index contributed by atoms with van der Waals surface area (Å²) in [5.74, 6) is 2.05. The highest BCUT2D eigenvalue weighted by molar-refractivity contribution is 5.61. The average molecular weight is 291 g/mol. The Labute approximate surface area is 131 Å². The summed E-state index contributed by atoms with van der Waals surface area (Å²) in [5.41, 5.74) is 3.99. The first-order chi connectivity index (χ1) is 10.9. The van der Waals surface area contributed by atoms with Gasteiger partial charge in [-0.2, -0.15) is 0 Å². The van der Waals surface area contributed by atoms with Crippen LogP contribution in [0.3, 0.4) is 0 Å². The maximum Gasteiger partial charge on any atom is 0.119 e. The Hall–Kier alpha value is -2.22. The molecule has 2 heteroatoms. The van der Waals surface area contributed by atoms with Gasteiger partial charge in [-0.05, 0) is 48.6 Å². The molecule has 0 spiro atoms. The number of rotatable bonds is 3. The van der Waals surface area contributed by atoms with Crippen LogP contribution in [0.1, 0.15) is 36.4 Å². The first-order valence-corrected chi connectivity index (χ1v) is 8.11. The van der Waals surface area contributed by atoms with E-state index in [2.05, 4.69) is 66.0 Å². The molecule has 1 aliphatic carbocycles. The van der Waals surface area contributed by atoms with Crippen molar-refractivity contribution in [3.63, 3.8) is 0 Å². The molecule has 0 bridgehead atoms. The molecule has 3 unspecified atom stereocenters. The topological polar surface area (TPSA) is 21.3 Å². The minimum Gasteiger partial charge on any atom is -0.494 e. The molecule has 4 rings (SSSR count). The maximum absolute atomic E-state index is 5.68. The molecule has 0 aromatic heterocycles. The molecule has 0 amide bonds. The van der Waals surface area contributed by atoms with Crippen molar-refractivity contribution in [3.8, 4) is 5.75 Å². The summed E-state index contributed by atoms with van der Waals surface area (Å²) in [6.45, 7) is 2.74. The normalized spacial score (nSPS) is 25.2. The van der Waals surface area contributed by atoms with Gasteiger partial charge in [0, 0.05) is 11.6 Å². The van der Waals surface area contributed by atoms with Gasteiger partial charge in [-0.15, -0.1) is 0 Å². The third kappa shape index (κ3) is 2.19. The molecular weight excluding hydrogens is 270 g/mol. The molecule has 1 heterocycles. The molecule has 3 atom stereocenters. The second-order valence-corrected chi connectivity index (χ2v) is 6.07. The van der Waals surface area contributed by atoms with E-state index >= 15 is 0 Å². The smallest absolute Gasteiger partial charge is 0.119 e. The van der Waals surface area contributed by atoms with Crippen molar-refractivity contribution in [2.45, 2.75) is 25.3 Å². The van der Waals surface area contributed by atoms with E-state index in [0.29, 0.717) is 24.5 Å². The lowest BCUT2D eigenvalue weighted by Crippen LogP contribution is -2.29. The van der Waals surface area contributed by atoms with Gasteiger partial charge < -0.3 is 10.1 Å². The fraction of sp³-hybridized carbons (Fsp3) is 0.300. The van der Waals surface area contributed by atoms with Gasteiger partial charge in [0.2, 0.25) is 0 Å². The fourth-order valence-corrected chi connectivity index (χ4v) is 3.82. The van der Waals surface area contributed by atoms with E-state index in [0.717, 1.165) is 12.2 Å². The highest BCUT2D eigenvalue weighted by atomic mass is 16.5. The van der Waals surface area contributed by atoms with E-state index in [1.165, 1.54) is 16.8 Å². The van der Waals surface area contributed by atoms with Crippen LogP contribution in [0.25, 0.3) is 0 Å². The lowest BCUT2D eigenvalue weighted by atomic mass is 9.77. The van der Waals surface area contributed by atoms with Gasteiger partial charge in [0.1, 0.15) is 5.75 Å². The highest BCUT2D eigenvalue weighted by Gasteiger charge is 2.37. The van der Waals surface area contributed by atoms with E-state index in [1.807, 2.05) is 6.92 Å². The zero-order chi connectivity index (χ0) is 14.9. The number of ether oxygens (including phenoxy) is 1. The van der Waals surface area contributed by atoms with Crippen LogP contribution in [0.15, 0.2) is 60.7 Å². The summed E-state index contributed by atoms with van der Waals surface area (Å²) in [6.07, 6.45) is 5.83. The van der Waals surface area contributed by atoms with E-state index in [9.17, 15) is 0 Å². The van der Waals surface area contributed by atoms with Crippen molar-refractivity contribution in [1.29, 1.82) is 0 Å². The standard InChI is InChI=1S/C20H21NO/c1-2-22-15-11-12-19-18(13-15)16-9-6-10-17(16)20(21-19)14-7-4-3-5-8-14/h3-9,11-13,16-17,20-21H,2,10H2,1H3. The van der Waals surface area contributed by atoms with Crippen LogP contribution in [-0.4, -0.2) is 6.61 Å². The Morgan fingerprint density at radius 2 is 2.00 bits per heavy atom. The molecule has 2 aromatic rings. The molecule has 0 fully saturated rings. The van der Waals surface area contributed by atoms with Crippen molar-refractivity contribution in [2.24, 2.45) is 5.92 Å². The molecule has 2 nitrogen and oxygen atoms in total. The first-order valence-electron chi connectivity index (χ1n) is 8.11. The van der Waals surface area contributed by atoms with Crippen LogP contribution in [0.5, 0.6) is 5.75 Å². The van der Waals surface area contributed by atoms with Crippen LogP contribution in [0.4, 0.5) is 5.69 Å². The lowest BCUT2D eigenvalue weighted by molar-refractivity contribution is 0.338. The number of nitrogens with one attached hydrogen (secondary N) is 1. The third-order valence-electron chi connectivity index (χ3n) is 4.80. The van der Waals surface area contributed by atoms with Crippen LogP contribution in [0, 0.1) is 5.92 Å². The number of hydrogen-bond donors (Lipinski definition) is 1. The van der Waals surface area contributed by atoms with Gasteiger partial charge in [-0.1, -0.05) is 42.5 Å². The minimum absolute atomic E-state index is 0.381. The van der Waals surface area contributed by atoms with Crippen LogP contribution >= 0.6 is 0 Å². The van der Waals surface area contributed by atoms with Gasteiger partial charge in [-0.3, -0.25) is 0 Å². The minimum atomic E-state index is 0.381. The Morgan fingerprint density at radius 3 is 2.82 bits per heavy atom. The van der Waals surface area contributed by atoms with Gasteiger partial charge in [0.05, 0.1) is 12.6 Å². The predicted octanol–water partition coefficient (Wildman–Crippen LogP) is 4.91. The van der Waals surface area contributed by atoms with Crippen LogP contribution in [0.2, 0.25) is 0 Å². The number of anilines is 1. The molecular formula is C20H21NO. The quantitative estimate of drug-likeness (QED) is 0.811. The largest absolute Gasteiger partial charge is 0.494 e. The highest BCUT2D eigenvalue weighted by Crippen LogP contribution is 2.50. The Morgan fingerprint density at radius 1 is 1.14 bits per heavy atom. The zero-order valence-electron chi connectivity index (χ0n) is 12.8. The molecule has 112 valence electrons. The fourth-order valence-electron chi connectivity index (χ4n) is 3.82. The van der Waals surface area contributed by atoms with Crippen LogP contribution in [-0.2, 0) is 0 Å². The molecule has 0 saturated heterocycles. The van der Waals surface area contributed by atoms with E-state index < -0.39 is 0 Å². The average Bonchev–Trinajstić information content (AvgIpc) is 3.05. The first kappa shape index (κ1) is 13.4. The van der Waals surface area contributed by atoms with Crippen molar-refractivity contribution in [1.82, 2.24) is 0 Å². The Kier molecular flexibility index (Phi) is 3.38. The van der Waals surface area contributed by atoms with Crippen molar-refractivity contribution < 1.29 is 4.74 Å². The van der Waals surface area contributed by atoms with E-state index in [1.54, 1.807) is 0 Å². The summed E-state index contributed by atoms with van der Waals surface area (Å²) < 4.78 is 5.68. The molecule has 22 heavy (non-hydrogen) atoms. The molecule has 0 saturated carbocycles. The number of hydrogen-bond acceptors (Lipinski definition) is 2.